The van der Waals surface area contributed by atoms with Crippen molar-refractivity contribution >= 4 is 49.8 Å². The van der Waals surface area contributed by atoms with Crippen LogP contribution in [0.4, 0.5) is 5.00 Å². The maximum absolute atomic E-state index is 13.0. The fourth-order valence-corrected chi connectivity index (χ4v) is 7.23. The van der Waals surface area contributed by atoms with Gasteiger partial charge in [-0.1, -0.05) is 18.0 Å². The van der Waals surface area contributed by atoms with Crippen molar-refractivity contribution in [3.05, 3.63) is 44.8 Å². The van der Waals surface area contributed by atoms with Crippen molar-refractivity contribution in [2.75, 3.05) is 31.6 Å². The van der Waals surface area contributed by atoms with E-state index in [0.717, 1.165) is 42.5 Å². The molecule has 8 nitrogen and oxygen atoms in total. The van der Waals surface area contributed by atoms with Gasteiger partial charge in [0.1, 0.15) is 9.90 Å². The molecule has 11 heteroatoms. The van der Waals surface area contributed by atoms with Gasteiger partial charge in [-0.15, -0.1) is 11.3 Å². The highest BCUT2D eigenvalue weighted by molar-refractivity contribution is 7.89. The molecule has 2 heterocycles. The number of amides is 2. The molecule has 3 N–H and O–H groups in total. The molecule has 0 unspecified atom stereocenters. The van der Waals surface area contributed by atoms with E-state index in [2.05, 4.69) is 5.32 Å². The Labute approximate surface area is 195 Å². The van der Waals surface area contributed by atoms with Gasteiger partial charge in [-0.25, -0.2) is 8.42 Å². The zero-order valence-corrected chi connectivity index (χ0v) is 19.7. The molecule has 32 heavy (non-hydrogen) atoms. The number of benzene rings is 1. The number of hydrogen-bond donors (Lipinski definition) is 2. The van der Waals surface area contributed by atoms with Gasteiger partial charge in [0.25, 0.3) is 11.8 Å². The van der Waals surface area contributed by atoms with Gasteiger partial charge in [0.2, 0.25) is 10.0 Å². The molecule has 1 aromatic carbocycles. The van der Waals surface area contributed by atoms with Crippen LogP contribution in [0, 0.1) is 0 Å². The zero-order chi connectivity index (χ0) is 22.9. The second kappa shape index (κ2) is 9.48. The van der Waals surface area contributed by atoms with Crippen LogP contribution >= 0.6 is 22.9 Å². The summed E-state index contributed by atoms with van der Waals surface area (Å²) in [6, 6.07) is 4.12. The first-order chi connectivity index (χ1) is 15.3. The Hall–Kier alpha value is -1.98. The molecule has 1 aliphatic heterocycles. The van der Waals surface area contributed by atoms with Crippen LogP contribution in [0.1, 0.15) is 50.4 Å². The first-order valence-electron chi connectivity index (χ1n) is 10.4. The number of hydrogen-bond acceptors (Lipinski definition) is 6. The molecule has 2 aliphatic rings. The van der Waals surface area contributed by atoms with Crippen molar-refractivity contribution in [2.24, 2.45) is 5.73 Å². The molecule has 2 amide bonds. The van der Waals surface area contributed by atoms with Crippen molar-refractivity contribution < 1.29 is 22.7 Å². The van der Waals surface area contributed by atoms with Crippen LogP contribution in [0.5, 0.6) is 0 Å². The Morgan fingerprint density at radius 1 is 1.12 bits per heavy atom. The fourth-order valence-electron chi connectivity index (χ4n) is 4.03. The van der Waals surface area contributed by atoms with Crippen LogP contribution < -0.4 is 11.1 Å². The number of nitrogens with two attached hydrogens (primary N) is 1. The average Bonchev–Trinajstić information content (AvgIpc) is 2.95. The molecule has 1 aliphatic carbocycles. The van der Waals surface area contributed by atoms with E-state index in [1.54, 1.807) is 0 Å². The van der Waals surface area contributed by atoms with Gasteiger partial charge in [0.05, 0.1) is 23.8 Å². The van der Waals surface area contributed by atoms with Gasteiger partial charge in [-0.2, -0.15) is 4.31 Å². The summed E-state index contributed by atoms with van der Waals surface area (Å²) in [5.74, 6) is -1.11. The van der Waals surface area contributed by atoms with E-state index < -0.39 is 21.8 Å². The summed E-state index contributed by atoms with van der Waals surface area (Å²) in [6.07, 6.45) is 4.69. The number of carbonyl (C=O) groups excluding carboxylic acids is 2. The minimum atomic E-state index is -3.88. The monoisotopic (exact) mass is 497 g/mol. The van der Waals surface area contributed by atoms with Gasteiger partial charge >= 0.3 is 0 Å². The molecule has 0 spiro atoms. The molecule has 0 saturated carbocycles. The van der Waals surface area contributed by atoms with Gasteiger partial charge in [-0.05, 0) is 49.4 Å². The predicted octanol–water partition coefficient (Wildman–Crippen LogP) is 3.04. The third-order valence-electron chi connectivity index (χ3n) is 5.68. The Bertz CT molecular complexity index is 1160. The molecule has 2 aromatic rings. The van der Waals surface area contributed by atoms with Gasteiger partial charge in [-0.3, -0.25) is 9.59 Å². The van der Waals surface area contributed by atoms with Crippen LogP contribution in [-0.4, -0.2) is 50.8 Å². The molecular weight excluding hydrogens is 474 g/mol. The minimum absolute atomic E-state index is 0.0358. The lowest BCUT2D eigenvalue weighted by molar-refractivity contribution is 0.0730. The van der Waals surface area contributed by atoms with Crippen LogP contribution in [0.3, 0.4) is 0 Å². The number of nitrogens with zero attached hydrogens (tertiary/aromatic N) is 1. The number of aryl methyl sites for hydroxylation is 1. The Morgan fingerprint density at radius 3 is 2.56 bits per heavy atom. The van der Waals surface area contributed by atoms with Crippen LogP contribution in [0.25, 0.3) is 0 Å². The fraction of sp³-hybridized carbons (Fsp3) is 0.429. The topological polar surface area (TPSA) is 119 Å². The van der Waals surface area contributed by atoms with Crippen LogP contribution in [-0.2, 0) is 27.6 Å². The second-order valence-corrected chi connectivity index (χ2v) is 11.2. The van der Waals surface area contributed by atoms with E-state index in [4.69, 9.17) is 22.1 Å². The number of nitrogens with one attached hydrogen (secondary N) is 1. The number of primary amides is 1. The second-order valence-electron chi connectivity index (χ2n) is 7.75. The summed E-state index contributed by atoms with van der Waals surface area (Å²) in [4.78, 5) is 26.1. The number of anilines is 1. The normalized spacial score (nSPS) is 17.4. The third kappa shape index (κ3) is 4.55. The lowest BCUT2D eigenvalue weighted by Crippen LogP contribution is -2.40. The molecule has 1 aromatic heterocycles. The van der Waals surface area contributed by atoms with E-state index in [9.17, 15) is 18.0 Å². The Morgan fingerprint density at radius 2 is 1.84 bits per heavy atom. The van der Waals surface area contributed by atoms with Gasteiger partial charge < -0.3 is 15.8 Å². The first-order valence-corrected chi connectivity index (χ1v) is 13.1. The number of rotatable bonds is 5. The number of halogens is 1. The van der Waals surface area contributed by atoms with Crippen LogP contribution in [0.15, 0.2) is 23.1 Å². The number of carbonyl (C=O) groups is 2. The molecule has 1 saturated heterocycles. The summed E-state index contributed by atoms with van der Waals surface area (Å²) in [7, 11) is -3.88. The van der Waals surface area contributed by atoms with E-state index >= 15 is 0 Å². The summed E-state index contributed by atoms with van der Waals surface area (Å²) >= 11 is 7.55. The molecule has 4 rings (SSSR count). The molecule has 0 radical (unpaired) electrons. The van der Waals surface area contributed by atoms with Crippen LogP contribution in [0.2, 0.25) is 5.02 Å². The SMILES string of the molecule is NC(=O)c1c(NC(=O)c2ccc(Cl)c(S(=O)(=O)N3CCOCC3)c2)sc2c1CCCCC2. The van der Waals surface area contributed by atoms with E-state index in [1.807, 2.05) is 0 Å². The maximum atomic E-state index is 13.0. The first kappa shape index (κ1) is 23.2. The highest BCUT2D eigenvalue weighted by Crippen LogP contribution is 2.37. The van der Waals surface area contributed by atoms with E-state index in [0.29, 0.717) is 23.8 Å². The zero-order valence-electron chi connectivity index (χ0n) is 17.4. The predicted molar refractivity (Wildman–Crippen MR) is 123 cm³/mol. The third-order valence-corrected chi connectivity index (χ3v) is 9.26. The van der Waals surface area contributed by atoms with Crippen molar-refractivity contribution in [1.29, 1.82) is 0 Å². The lowest BCUT2D eigenvalue weighted by atomic mass is 10.1. The number of thiophene rings is 1. The highest BCUT2D eigenvalue weighted by atomic mass is 35.5. The van der Waals surface area contributed by atoms with Crippen molar-refractivity contribution in [3.63, 3.8) is 0 Å². The molecule has 1 fully saturated rings. The number of sulfonamides is 1. The standard InChI is InChI=1S/C21H24ClN3O5S2/c22-15-7-6-13(12-17(15)32(28,29)25-8-10-30-11-9-25)20(27)24-21-18(19(23)26)14-4-2-1-3-5-16(14)31-21/h6-7,12H,1-5,8-11H2,(H2,23,26)(H,24,27). The van der Waals surface area contributed by atoms with E-state index in [1.165, 1.54) is 33.8 Å². The number of ether oxygens (including phenoxy) is 1. The van der Waals surface area contributed by atoms with Crippen molar-refractivity contribution in [1.82, 2.24) is 4.31 Å². The lowest BCUT2D eigenvalue weighted by Gasteiger charge is -2.26. The number of morpholine rings is 1. The van der Waals surface area contributed by atoms with Gasteiger partial charge in [0.15, 0.2) is 0 Å². The molecule has 0 atom stereocenters. The molecular formula is C21H24ClN3O5S2. The smallest absolute Gasteiger partial charge is 0.256 e. The Kier molecular flexibility index (Phi) is 6.87. The summed E-state index contributed by atoms with van der Waals surface area (Å²) in [5, 5.41) is 3.21. The van der Waals surface area contributed by atoms with Crippen molar-refractivity contribution in [3.8, 4) is 0 Å². The Balaban J connectivity index is 1.64. The van der Waals surface area contributed by atoms with E-state index in [-0.39, 0.29) is 28.6 Å². The summed E-state index contributed by atoms with van der Waals surface area (Å²) in [5.41, 5.74) is 7.04. The minimum Gasteiger partial charge on any atom is -0.379 e. The summed E-state index contributed by atoms with van der Waals surface area (Å²) < 4.78 is 32.6. The molecule has 172 valence electrons. The van der Waals surface area contributed by atoms with Crippen molar-refractivity contribution in [2.45, 2.75) is 37.0 Å². The largest absolute Gasteiger partial charge is 0.379 e. The average molecular weight is 498 g/mol. The van der Waals surface area contributed by atoms with Gasteiger partial charge in [0, 0.05) is 23.5 Å². The number of fused-ring (bicyclic) bond motifs is 1. The quantitative estimate of drug-likeness (QED) is 0.615. The maximum Gasteiger partial charge on any atom is 0.256 e. The summed E-state index contributed by atoms with van der Waals surface area (Å²) in [6.45, 7) is 1.04. The highest BCUT2D eigenvalue weighted by Gasteiger charge is 2.30. The molecule has 0 bridgehead atoms.